The van der Waals surface area contributed by atoms with Gasteiger partial charge in [0.2, 0.25) is 5.95 Å². The molecule has 0 spiro atoms. The molecule has 2 fully saturated rings. The van der Waals surface area contributed by atoms with Gasteiger partial charge >= 0.3 is 11.9 Å². The number of nitrogens with zero attached hydrogens (tertiary/aromatic N) is 4. The first-order chi connectivity index (χ1) is 18.9. The van der Waals surface area contributed by atoms with Crippen molar-refractivity contribution in [3.63, 3.8) is 0 Å². The first-order valence-electron chi connectivity index (χ1n) is 14.0. The number of nitrogens with two attached hydrogens (primary N) is 1. The zero-order valence-corrected chi connectivity index (χ0v) is 25.1. The van der Waals surface area contributed by atoms with Gasteiger partial charge in [0.25, 0.3) is 0 Å². The summed E-state index contributed by atoms with van der Waals surface area (Å²) >= 11 is 0. The molecule has 2 heterocycles. The van der Waals surface area contributed by atoms with E-state index in [1.807, 2.05) is 6.33 Å². The minimum absolute atomic E-state index is 0. The van der Waals surface area contributed by atoms with Gasteiger partial charge in [0, 0.05) is 23.8 Å². The zero-order valence-electron chi connectivity index (χ0n) is 23.4. The molecule has 0 radical (unpaired) electrons. The largest absolute Gasteiger partial charge is 0.462 e. The topological polar surface area (TPSA) is 146 Å². The first-order valence-corrected chi connectivity index (χ1v) is 14.0. The monoisotopic (exact) mass is 607 g/mol. The van der Waals surface area contributed by atoms with Crippen molar-refractivity contribution in [3.05, 3.63) is 35.7 Å². The first kappa shape index (κ1) is 32.4. The Bertz CT molecular complexity index is 1300. The molecule has 2 aliphatic carbocycles. The summed E-state index contributed by atoms with van der Waals surface area (Å²) in [6, 6.07) is 5.58. The smallest absolute Gasteiger partial charge is 0.338 e. The van der Waals surface area contributed by atoms with E-state index in [9.17, 15) is 9.59 Å². The van der Waals surface area contributed by atoms with Crippen LogP contribution in [0, 0.1) is 0 Å². The Balaban J connectivity index is 0.00000231. The molecule has 2 aromatic heterocycles. The molecule has 3 aromatic rings. The van der Waals surface area contributed by atoms with Crippen molar-refractivity contribution in [2.24, 2.45) is 5.73 Å². The van der Waals surface area contributed by atoms with Crippen LogP contribution in [0.2, 0.25) is 0 Å². The number of carbonyl (C=O) groups is 2. The lowest BCUT2D eigenvalue weighted by molar-refractivity contribution is 0.0525. The second-order valence-electron chi connectivity index (χ2n) is 10.3. The second-order valence-corrected chi connectivity index (χ2v) is 10.3. The van der Waals surface area contributed by atoms with Gasteiger partial charge in [-0.2, -0.15) is 9.97 Å². The van der Waals surface area contributed by atoms with Gasteiger partial charge in [-0.3, -0.25) is 0 Å². The Morgan fingerprint density at radius 1 is 0.927 bits per heavy atom. The van der Waals surface area contributed by atoms with Crippen LogP contribution < -0.4 is 16.4 Å². The quantitative estimate of drug-likeness (QED) is 0.264. The molecule has 1 aromatic carbocycles. The number of esters is 2. The van der Waals surface area contributed by atoms with Crippen molar-refractivity contribution in [2.75, 3.05) is 23.8 Å². The van der Waals surface area contributed by atoms with Crippen molar-refractivity contribution >= 4 is 65.4 Å². The van der Waals surface area contributed by atoms with E-state index in [1.165, 1.54) is 18.9 Å². The van der Waals surface area contributed by atoms with Gasteiger partial charge in [0.05, 0.1) is 30.7 Å². The van der Waals surface area contributed by atoms with E-state index in [1.54, 1.807) is 26.0 Å². The van der Waals surface area contributed by atoms with Gasteiger partial charge < -0.3 is 30.4 Å². The summed E-state index contributed by atoms with van der Waals surface area (Å²) in [5.74, 6) is -0.0502. The maximum Gasteiger partial charge on any atom is 0.338 e. The third kappa shape index (κ3) is 7.58. The number of hydrogen-bond donors (Lipinski definition) is 3. The summed E-state index contributed by atoms with van der Waals surface area (Å²) in [7, 11) is 0. The highest BCUT2D eigenvalue weighted by Gasteiger charge is 2.24. The molecule has 2 saturated carbocycles. The van der Waals surface area contributed by atoms with E-state index >= 15 is 0 Å². The zero-order chi connectivity index (χ0) is 27.4. The van der Waals surface area contributed by atoms with Crippen molar-refractivity contribution in [1.29, 1.82) is 0 Å². The molecule has 224 valence electrons. The van der Waals surface area contributed by atoms with Crippen LogP contribution in [0.15, 0.2) is 24.5 Å². The third-order valence-corrected chi connectivity index (χ3v) is 7.46. The SMILES string of the molecule is CCOC(=O)c1cc(Nc2nc(NC3CCC(N)CC3)nc3c2ncn3C2CCCC2)cc(C(=O)OCC)c1.Cl.Cl. The van der Waals surface area contributed by atoms with E-state index in [0.717, 1.165) is 44.2 Å². The molecule has 0 atom stereocenters. The van der Waals surface area contributed by atoms with Crippen LogP contribution in [0.25, 0.3) is 11.2 Å². The van der Waals surface area contributed by atoms with Crippen molar-refractivity contribution in [2.45, 2.75) is 83.3 Å². The molecule has 0 unspecified atom stereocenters. The van der Waals surface area contributed by atoms with Gasteiger partial charge in [-0.1, -0.05) is 12.8 Å². The van der Waals surface area contributed by atoms with Crippen molar-refractivity contribution in [3.8, 4) is 0 Å². The highest BCUT2D eigenvalue weighted by molar-refractivity contribution is 5.98. The van der Waals surface area contributed by atoms with E-state index in [4.69, 9.17) is 25.2 Å². The summed E-state index contributed by atoms with van der Waals surface area (Å²) in [5, 5.41) is 6.82. The van der Waals surface area contributed by atoms with E-state index in [-0.39, 0.29) is 61.2 Å². The summed E-state index contributed by atoms with van der Waals surface area (Å²) in [6.45, 7) is 3.91. The number of halogens is 2. The summed E-state index contributed by atoms with van der Waals surface area (Å²) in [4.78, 5) is 39.5. The predicted octanol–water partition coefficient (Wildman–Crippen LogP) is 5.56. The summed E-state index contributed by atoms with van der Waals surface area (Å²) in [5.41, 5.74) is 8.46. The van der Waals surface area contributed by atoms with E-state index in [2.05, 4.69) is 20.2 Å². The average Bonchev–Trinajstić information content (AvgIpc) is 3.60. The third-order valence-electron chi connectivity index (χ3n) is 7.46. The van der Waals surface area contributed by atoms with Crippen LogP contribution in [-0.4, -0.2) is 56.8 Å². The Kier molecular flexibility index (Phi) is 11.6. The van der Waals surface area contributed by atoms with E-state index in [0.29, 0.717) is 29.0 Å². The molecular weight excluding hydrogens is 569 g/mol. The van der Waals surface area contributed by atoms with Crippen LogP contribution in [-0.2, 0) is 9.47 Å². The Labute approximate surface area is 252 Å². The number of carbonyl (C=O) groups excluding carboxylic acids is 2. The maximum atomic E-state index is 12.6. The minimum atomic E-state index is -0.525. The number of benzene rings is 1. The number of fused-ring (bicyclic) bond motifs is 1. The maximum absolute atomic E-state index is 12.6. The van der Waals surface area contributed by atoms with Gasteiger partial charge in [-0.15, -0.1) is 24.8 Å². The molecule has 0 aliphatic heterocycles. The molecular formula is C28H39Cl2N7O4. The minimum Gasteiger partial charge on any atom is -0.462 e. The highest BCUT2D eigenvalue weighted by atomic mass is 35.5. The molecule has 4 N–H and O–H groups in total. The normalized spacial score (nSPS) is 18.7. The lowest BCUT2D eigenvalue weighted by atomic mass is 9.92. The number of anilines is 3. The number of rotatable bonds is 9. The molecule has 0 amide bonds. The lowest BCUT2D eigenvalue weighted by Crippen LogP contribution is -2.33. The summed E-state index contributed by atoms with van der Waals surface area (Å²) in [6.07, 6.45) is 10.2. The Hall–Kier alpha value is -3.15. The fourth-order valence-corrected chi connectivity index (χ4v) is 5.47. The fourth-order valence-electron chi connectivity index (χ4n) is 5.47. The molecule has 5 rings (SSSR count). The lowest BCUT2D eigenvalue weighted by Gasteiger charge is -2.27. The van der Waals surface area contributed by atoms with Crippen LogP contribution >= 0.6 is 24.8 Å². The number of imidazole rings is 1. The van der Waals surface area contributed by atoms with Crippen LogP contribution in [0.1, 0.15) is 92.0 Å². The standard InChI is InChI=1S/C28H37N7O4.2ClH/c1-3-38-26(36)17-13-18(27(37)39-4-2)15-21(14-17)31-24-23-25(35(16-30-23)22-7-5-6-8-22)34-28(33-24)32-20-11-9-19(29)10-12-20;;/h13-16,19-20,22H,3-12,29H2,1-2H3,(H2,31,32,33,34);2*1H. The molecule has 0 bridgehead atoms. The van der Waals surface area contributed by atoms with Gasteiger partial charge in [0.1, 0.15) is 0 Å². The fraction of sp³-hybridized carbons (Fsp3) is 0.536. The Morgan fingerprint density at radius 3 is 2.12 bits per heavy atom. The van der Waals surface area contributed by atoms with Crippen molar-refractivity contribution < 1.29 is 19.1 Å². The molecule has 41 heavy (non-hydrogen) atoms. The Morgan fingerprint density at radius 2 is 1.54 bits per heavy atom. The van der Waals surface area contributed by atoms with Gasteiger partial charge in [-0.05, 0) is 70.6 Å². The molecule has 2 aliphatic rings. The van der Waals surface area contributed by atoms with Gasteiger partial charge in [0.15, 0.2) is 17.0 Å². The van der Waals surface area contributed by atoms with Crippen molar-refractivity contribution in [1.82, 2.24) is 19.5 Å². The number of ether oxygens (including phenoxy) is 2. The molecule has 0 saturated heterocycles. The summed E-state index contributed by atoms with van der Waals surface area (Å²) < 4.78 is 12.5. The van der Waals surface area contributed by atoms with E-state index < -0.39 is 11.9 Å². The second kappa shape index (κ2) is 14.7. The van der Waals surface area contributed by atoms with Gasteiger partial charge in [-0.25, -0.2) is 14.6 Å². The average molecular weight is 609 g/mol. The van der Waals surface area contributed by atoms with Crippen LogP contribution in [0.3, 0.4) is 0 Å². The number of hydrogen-bond acceptors (Lipinski definition) is 10. The van der Waals surface area contributed by atoms with Crippen LogP contribution in [0.5, 0.6) is 0 Å². The molecule has 11 nitrogen and oxygen atoms in total. The predicted molar refractivity (Wildman–Crippen MR) is 163 cm³/mol. The highest BCUT2D eigenvalue weighted by Crippen LogP contribution is 2.34. The number of nitrogens with one attached hydrogen (secondary N) is 2. The molecule has 13 heteroatoms. The number of aromatic nitrogens is 4. The van der Waals surface area contributed by atoms with Crippen LogP contribution in [0.4, 0.5) is 17.5 Å².